The van der Waals surface area contributed by atoms with Crippen LogP contribution in [-0.2, 0) is 19.4 Å². The molecule has 1 aliphatic carbocycles. The molecule has 6 rings (SSSR count). The number of hydrogen-bond acceptors (Lipinski definition) is 8. The Morgan fingerprint density at radius 1 is 1.38 bits per heavy atom. The summed E-state index contributed by atoms with van der Waals surface area (Å²) in [7, 11) is 0. The van der Waals surface area contributed by atoms with Crippen molar-refractivity contribution >= 4 is 32.9 Å². The van der Waals surface area contributed by atoms with Gasteiger partial charge in [0.25, 0.3) is 0 Å². The van der Waals surface area contributed by atoms with Gasteiger partial charge in [0.15, 0.2) is 11.4 Å². The number of nitro groups is 1. The first-order chi connectivity index (χ1) is 15.6. The molecule has 11 heteroatoms. The van der Waals surface area contributed by atoms with Crippen LogP contribution in [0.5, 0.6) is 0 Å². The van der Waals surface area contributed by atoms with Crippen LogP contribution >= 0.6 is 11.3 Å². The fourth-order valence-corrected chi connectivity index (χ4v) is 5.67. The van der Waals surface area contributed by atoms with E-state index in [1.54, 1.807) is 28.2 Å². The van der Waals surface area contributed by atoms with E-state index in [0.29, 0.717) is 17.3 Å². The highest BCUT2D eigenvalue weighted by atomic mass is 32.1. The van der Waals surface area contributed by atoms with Gasteiger partial charge in [-0.25, -0.2) is 14.5 Å². The van der Waals surface area contributed by atoms with Crippen LogP contribution < -0.4 is 0 Å². The van der Waals surface area contributed by atoms with Gasteiger partial charge in [0.05, 0.1) is 16.9 Å². The average Bonchev–Trinajstić information content (AvgIpc) is 3.56. The number of rotatable bonds is 5. The summed E-state index contributed by atoms with van der Waals surface area (Å²) < 4.78 is 9.10. The molecular weight excluding hydrogens is 430 g/mol. The molecule has 0 spiro atoms. The van der Waals surface area contributed by atoms with Crippen molar-refractivity contribution in [3.8, 4) is 11.6 Å². The lowest BCUT2D eigenvalue weighted by Crippen LogP contribution is -2.11. The molecule has 0 aromatic carbocycles. The zero-order valence-electron chi connectivity index (χ0n) is 17.3. The van der Waals surface area contributed by atoms with Gasteiger partial charge < -0.3 is 4.42 Å². The summed E-state index contributed by atoms with van der Waals surface area (Å²) in [5.74, 6) is 2.38. The maximum absolute atomic E-state index is 10.8. The van der Waals surface area contributed by atoms with Crippen molar-refractivity contribution in [3.05, 3.63) is 57.2 Å². The second kappa shape index (κ2) is 7.23. The van der Waals surface area contributed by atoms with E-state index in [9.17, 15) is 10.1 Å². The zero-order chi connectivity index (χ0) is 21.8. The molecule has 0 radical (unpaired) electrons. The standard InChI is InChI=1S/C21H19N7O3S/c1-2-12-3-5-15-17(7-12)32-21-18(15)20-24-19(25-27(20)11-22-21)16-6-4-14(31-16)10-26-9-13(8-23-26)28(29)30/h4,6,8-9,11-12H,2-3,5,7,10H2,1H3/t12-/m1/s1. The predicted molar refractivity (Wildman–Crippen MR) is 118 cm³/mol. The largest absolute Gasteiger partial charge is 0.456 e. The summed E-state index contributed by atoms with van der Waals surface area (Å²) in [6.45, 7) is 2.54. The van der Waals surface area contributed by atoms with Crippen LogP contribution in [0, 0.1) is 16.0 Å². The summed E-state index contributed by atoms with van der Waals surface area (Å²) in [5, 5.41) is 20.5. The molecule has 10 nitrogen and oxygen atoms in total. The molecule has 0 saturated carbocycles. The van der Waals surface area contributed by atoms with E-state index in [0.717, 1.165) is 34.6 Å². The SMILES string of the molecule is CC[C@@H]1CCc2c(sc3ncn4nc(-c5ccc(Cn6cc([N+](=O)[O-])cn6)o5)nc4c23)C1. The van der Waals surface area contributed by atoms with Crippen LogP contribution in [0.4, 0.5) is 5.69 Å². The molecule has 0 N–H and O–H groups in total. The molecule has 1 aliphatic rings. The van der Waals surface area contributed by atoms with Crippen LogP contribution in [0.2, 0.25) is 0 Å². The Hall–Kier alpha value is -3.60. The van der Waals surface area contributed by atoms with Crippen LogP contribution in [-0.4, -0.2) is 34.3 Å². The molecule has 5 aromatic heterocycles. The minimum Gasteiger partial charge on any atom is -0.456 e. The molecule has 0 unspecified atom stereocenters. The smallest absolute Gasteiger partial charge is 0.307 e. The van der Waals surface area contributed by atoms with Gasteiger partial charge in [-0.05, 0) is 42.9 Å². The topological polar surface area (TPSA) is 117 Å². The molecular formula is C21H19N7O3S. The first-order valence-electron chi connectivity index (χ1n) is 10.5. The highest BCUT2D eigenvalue weighted by Crippen LogP contribution is 2.39. The van der Waals surface area contributed by atoms with Crippen molar-refractivity contribution in [2.24, 2.45) is 5.92 Å². The number of thiophene rings is 1. The van der Waals surface area contributed by atoms with Gasteiger partial charge in [0, 0.05) is 4.88 Å². The highest BCUT2D eigenvalue weighted by molar-refractivity contribution is 7.19. The Morgan fingerprint density at radius 3 is 3.09 bits per heavy atom. The molecule has 0 fully saturated rings. The Labute approximate surface area is 185 Å². The van der Waals surface area contributed by atoms with Gasteiger partial charge in [-0.1, -0.05) is 13.3 Å². The number of nitrogens with zero attached hydrogens (tertiary/aromatic N) is 7. The Kier molecular flexibility index (Phi) is 4.32. The normalized spacial score (nSPS) is 16.1. The first-order valence-corrected chi connectivity index (χ1v) is 11.3. The van der Waals surface area contributed by atoms with E-state index in [1.165, 1.54) is 40.4 Å². The van der Waals surface area contributed by atoms with Crippen LogP contribution in [0.1, 0.15) is 36.0 Å². The third-order valence-corrected chi connectivity index (χ3v) is 7.26. The van der Waals surface area contributed by atoms with Crippen molar-refractivity contribution < 1.29 is 9.34 Å². The first kappa shape index (κ1) is 19.1. The number of furan rings is 1. The predicted octanol–water partition coefficient (Wildman–Crippen LogP) is 4.27. The minimum absolute atomic E-state index is 0.0559. The van der Waals surface area contributed by atoms with Gasteiger partial charge in [0.1, 0.15) is 29.3 Å². The van der Waals surface area contributed by atoms with Gasteiger partial charge in [-0.3, -0.25) is 14.8 Å². The van der Waals surface area contributed by atoms with Crippen molar-refractivity contribution in [2.45, 2.75) is 39.2 Å². The van der Waals surface area contributed by atoms with Crippen LogP contribution in [0.15, 0.2) is 35.3 Å². The number of fused-ring (bicyclic) bond motifs is 5. The van der Waals surface area contributed by atoms with Crippen molar-refractivity contribution in [1.82, 2.24) is 29.4 Å². The van der Waals surface area contributed by atoms with Crippen molar-refractivity contribution in [3.63, 3.8) is 0 Å². The summed E-state index contributed by atoms with van der Waals surface area (Å²) in [6.07, 6.45) is 8.88. The van der Waals surface area contributed by atoms with E-state index >= 15 is 0 Å². The molecule has 5 aromatic rings. The highest BCUT2D eigenvalue weighted by Gasteiger charge is 2.25. The molecule has 0 aliphatic heterocycles. The maximum Gasteiger partial charge on any atom is 0.307 e. The lowest BCUT2D eigenvalue weighted by atomic mass is 9.86. The van der Waals surface area contributed by atoms with Crippen molar-refractivity contribution in [2.75, 3.05) is 0 Å². The quantitative estimate of drug-likeness (QED) is 0.290. The van der Waals surface area contributed by atoms with E-state index in [-0.39, 0.29) is 12.2 Å². The lowest BCUT2D eigenvalue weighted by molar-refractivity contribution is -0.385. The van der Waals surface area contributed by atoms with E-state index in [2.05, 4.69) is 22.1 Å². The van der Waals surface area contributed by atoms with E-state index < -0.39 is 4.92 Å². The summed E-state index contributed by atoms with van der Waals surface area (Å²) in [4.78, 5) is 22.2. The Bertz CT molecular complexity index is 1480. The summed E-state index contributed by atoms with van der Waals surface area (Å²) in [5.41, 5.74) is 2.12. The molecule has 1 atom stereocenters. The molecule has 162 valence electrons. The number of aryl methyl sites for hydroxylation is 1. The molecule has 0 bridgehead atoms. The van der Waals surface area contributed by atoms with Crippen LogP contribution in [0.25, 0.3) is 27.4 Å². The van der Waals surface area contributed by atoms with Gasteiger partial charge in [0.2, 0.25) is 5.82 Å². The number of hydrogen-bond donors (Lipinski definition) is 0. The Morgan fingerprint density at radius 2 is 2.28 bits per heavy atom. The zero-order valence-corrected chi connectivity index (χ0v) is 18.1. The van der Waals surface area contributed by atoms with Crippen molar-refractivity contribution in [1.29, 1.82) is 0 Å². The second-order valence-electron chi connectivity index (χ2n) is 8.07. The average molecular weight is 449 g/mol. The maximum atomic E-state index is 10.8. The number of aromatic nitrogens is 6. The molecule has 0 amide bonds. The summed E-state index contributed by atoms with van der Waals surface area (Å²) in [6, 6.07) is 3.61. The third kappa shape index (κ3) is 3.08. The Balaban J connectivity index is 1.34. The van der Waals surface area contributed by atoms with Gasteiger partial charge in [-0.15, -0.1) is 16.4 Å². The van der Waals surface area contributed by atoms with E-state index in [1.807, 2.05) is 6.07 Å². The fraction of sp³-hybridized carbons (Fsp3) is 0.333. The van der Waals surface area contributed by atoms with Crippen LogP contribution in [0.3, 0.4) is 0 Å². The lowest BCUT2D eigenvalue weighted by Gasteiger charge is -2.20. The van der Waals surface area contributed by atoms with E-state index in [4.69, 9.17) is 9.40 Å². The van der Waals surface area contributed by atoms with Gasteiger partial charge in [-0.2, -0.15) is 5.10 Å². The molecule has 32 heavy (non-hydrogen) atoms. The van der Waals surface area contributed by atoms with Gasteiger partial charge >= 0.3 is 5.69 Å². The molecule has 5 heterocycles. The fourth-order valence-electron chi connectivity index (χ4n) is 4.37. The monoisotopic (exact) mass is 449 g/mol. The summed E-state index contributed by atoms with van der Waals surface area (Å²) >= 11 is 1.77. The second-order valence-corrected chi connectivity index (χ2v) is 9.15. The third-order valence-electron chi connectivity index (χ3n) is 6.10. The molecule has 0 saturated heterocycles. The minimum atomic E-state index is -0.474.